The van der Waals surface area contributed by atoms with Gasteiger partial charge in [0.15, 0.2) is 5.82 Å². The molecule has 0 aliphatic rings. The Bertz CT molecular complexity index is 361. The fourth-order valence-corrected chi connectivity index (χ4v) is 1.42. The lowest BCUT2D eigenvalue weighted by Gasteiger charge is -2.05. The molecule has 0 aliphatic heterocycles. The lowest BCUT2D eigenvalue weighted by atomic mass is 10.3. The van der Waals surface area contributed by atoms with E-state index in [0.29, 0.717) is 18.8 Å². The Labute approximate surface area is 93.7 Å². The van der Waals surface area contributed by atoms with Crippen LogP contribution in [0.2, 0.25) is 0 Å². The van der Waals surface area contributed by atoms with Crippen LogP contribution in [-0.4, -0.2) is 27.5 Å². The van der Waals surface area contributed by atoms with Crippen molar-refractivity contribution in [3.8, 4) is 0 Å². The van der Waals surface area contributed by atoms with Crippen LogP contribution in [0.3, 0.4) is 0 Å². The molecule has 1 heterocycles. The largest absolute Gasteiger partial charge is 0.387 e. The summed E-state index contributed by atoms with van der Waals surface area (Å²) in [6.45, 7) is 0.695. The molecule has 0 aromatic carbocycles. The van der Waals surface area contributed by atoms with Gasteiger partial charge in [-0.25, -0.2) is 4.98 Å². The van der Waals surface area contributed by atoms with Gasteiger partial charge in [-0.2, -0.15) is 0 Å². The number of rotatable bonds is 5. The van der Waals surface area contributed by atoms with Crippen molar-refractivity contribution in [3.63, 3.8) is 0 Å². The van der Waals surface area contributed by atoms with Crippen LogP contribution < -0.4 is 11.1 Å². The van der Waals surface area contributed by atoms with Crippen LogP contribution in [0, 0.1) is 0 Å². The Morgan fingerprint density at radius 1 is 1.73 bits per heavy atom. The van der Waals surface area contributed by atoms with Crippen LogP contribution in [0.5, 0.6) is 0 Å². The first kappa shape index (κ1) is 11.6. The van der Waals surface area contributed by atoms with Gasteiger partial charge in [0.1, 0.15) is 4.99 Å². The quantitative estimate of drug-likeness (QED) is 0.695. The number of carbonyl (C=O) groups excluding carboxylic acids is 1. The van der Waals surface area contributed by atoms with Gasteiger partial charge in [0.25, 0.3) is 0 Å². The van der Waals surface area contributed by atoms with Crippen LogP contribution in [0.15, 0.2) is 12.4 Å². The van der Waals surface area contributed by atoms with Gasteiger partial charge in [0, 0.05) is 32.4 Å². The van der Waals surface area contributed by atoms with Crippen LogP contribution in [0.4, 0.5) is 0 Å². The summed E-state index contributed by atoms with van der Waals surface area (Å²) in [6.07, 6.45) is 4.68. The highest BCUT2D eigenvalue weighted by atomic mass is 32.1. The van der Waals surface area contributed by atoms with E-state index in [1.54, 1.807) is 19.4 Å². The third-order valence-corrected chi connectivity index (χ3v) is 2.20. The number of carbonyl (C=O) groups is 1. The van der Waals surface area contributed by atoms with E-state index in [1.807, 2.05) is 4.57 Å². The molecule has 0 bridgehead atoms. The minimum Gasteiger partial charge on any atom is -0.387 e. The highest BCUT2D eigenvalue weighted by molar-refractivity contribution is 7.80. The first-order valence-corrected chi connectivity index (χ1v) is 5.07. The summed E-state index contributed by atoms with van der Waals surface area (Å²) in [6, 6.07) is 0. The van der Waals surface area contributed by atoms with Gasteiger partial charge >= 0.3 is 0 Å². The molecule has 1 rings (SSSR count). The molecule has 0 atom stereocenters. The molecule has 0 saturated heterocycles. The van der Waals surface area contributed by atoms with Gasteiger partial charge in [-0.1, -0.05) is 12.2 Å². The Morgan fingerprint density at radius 2 is 2.47 bits per heavy atom. The molecule has 0 aliphatic carbocycles. The minimum atomic E-state index is 0.0343. The standard InChI is InChI=1S/C9H14N4OS/c1-11-7(14)3-2-5-13-6-4-12-9(13)8(10)15/h4,6H,2-3,5H2,1H3,(H2,10,15)(H,11,14). The summed E-state index contributed by atoms with van der Waals surface area (Å²) in [4.78, 5) is 15.3. The van der Waals surface area contributed by atoms with Gasteiger partial charge in [-0.3, -0.25) is 4.79 Å². The Kier molecular flexibility index (Phi) is 4.23. The third kappa shape index (κ3) is 3.32. The lowest BCUT2D eigenvalue weighted by molar-refractivity contribution is -0.120. The van der Waals surface area contributed by atoms with Crippen molar-refractivity contribution in [3.05, 3.63) is 18.2 Å². The molecule has 5 nitrogen and oxygen atoms in total. The average Bonchev–Trinajstić information content (AvgIpc) is 2.65. The fraction of sp³-hybridized carbons (Fsp3) is 0.444. The van der Waals surface area contributed by atoms with E-state index in [1.165, 1.54) is 0 Å². The van der Waals surface area contributed by atoms with Crippen LogP contribution >= 0.6 is 12.2 Å². The zero-order chi connectivity index (χ0) is 11.3. The van der Waals surface area contributed by atoms with Crippen LogP contribution in [-0.2, 0) is 11.3 Å². The van der Waals surface area contributed by atoms with E-state index in [9.17, 15) is 4.79 Å². The number of aryl methyl sites for hydroxylation is 1. The molecule has 0 unspecified atom stereocenters. The van der Waals surface area contributed by atoms with E-state index in [2.05, 4.69) is 10.3 Å². The van der Waals surface area contributed by atoms with E-state index in [4.69, 9.17) is 18.0 Å². The minimum absolute atomic E-state index is 0.0343. The topological polar surface area (TPSA) is 72.9 Å². The second kappa shape index (κ2) is 5.45. The maximum absolute atomic E-state index is 11.0. The molecule has 3 N–H and O–H groups in total. The van der Waals surface area contributed by atoms with Crippen LogP contribution in [0.25, 0.3) is 0 Å². The molecule has 0 radical (unpaired) electrons. The van der Waals surface area contributed by atoms with Crippen molar-refractivity contribution in [2.75, 3.05) is 7.05 Å². The SMILES string of the molecule is CNC(=O)CCCn1ccnc1C(N)=S. The van der Waals surface area contributed by atoms with Gasteiger partial charge in [0.05, 0.1) is 0 Å². The summed E-state index contributed by atoms with van der Waals surface area (Å²) in [5.41, 5.74) is 5.49. The maximum Gasteiger partial charge on any atom is 0.219 e. The number of nitrogens with zero attached hydrogens (tertiary/aromatic N) is 2. The van der Waals surface area contributed by atoms with E-state index in [-0.39, 0.29) is 10.9 Å². The monoisotopic (exact) mass is 226 g/mol. The average molecular weight is 226 g/mol. The number of aromatic nitrogens is 2. The number of hydrogen-bond donors (Lipinski definition) is 2. The second-order valence-corrected chi connectivity index (χ2v) is 3.53. The smallest absolute Gasteiger partial charge is 0.219 e. The maximum atomic E-state index is 11.0. The highest BCUT2D eigenvalue weighted by Gasteiger charge is 2.05. The molecule has 0 saturated carbocycles. The summed E-state index contributed by atoms with van der Waals surface area (Å²) >= 11 is 4.84. The third-order valence-electron chi connectivity index (χ3n) is 2.02. The van der Waals surface area contributed by atoms with Gasteiger partial charge < -0.3 is 15.6 Å². The van der Waals surface area contributed by atoms with Gasteiger partial charge in [0.2, 0.25) is 5.91 Å². The predicted octanol–water partition coefficient (Wildman–Crippen LogP) is 0.0435. The Balaban J connectivity index is 2.47. The highest BCUT2D eigenvalue weighted by Crippen LogP contribution is 2.01. The van der Waals surface area contributed by atoms with Crippen LogP contribution in [0.1, 0.15) is 18.7 Å². The first-order valence-electron chi connectivity index (χ1n) is 4.66. The molecular weight excluding hydrogens is 212 g/mol. The summed E-state index contributed by atoms with van der Waals surface area (Å²) in [5, 5.41) is 2.57. The molecule has 82 valence electrons. The molecule has 1 aromatic heterocycles. The molecular formula is C9H14N4OS. The van der Waals surface area contributed by atoms with Gasteiger partial charge in [-0.05, 0) is 6.42 Å². The molecule has 1 aromatic rings. The molecule has 15 heavy (non-hydrogen) atoms. The number of nitrogens with one attached hydrogen (secondary N) is 1. The molecule has 0 spiro atoms. The number of hydrogen-bond acceptors (Lipinski definition) is 3. The molecule has 6 heteroatoms. The lowest BCUT2D eigenvalue weighted by Crippen LogP contribution is -2.19. The summed E-state index contributed by atoms with van der Waals surface area (Å²) in [7, 11) is 1.62. The van der Waals surface area contributed by atoms with Crippen molar-refractivity contribution < 1.29 is 4.79 Å². The van der Waals surface area contributed by atoms with E-state index < -0.39 is 0 Å². The second-order valence-electron chi connectivity index (χ2n) is 3.09. The zero-order valence-corrected chi connectivity index (χ0v) is 9.38. The number of amides is 1. The Hall–Kier alpha value is -1.43. The number of imidazole rings is 1. The first-order chi connectivity index (χ1) is 7.15. The van der Waals surface area contributed by atoms with Crippen molar-refractivity contribution in [2.45, 2.75) is 19.4 Å². The van der Waals surface area contributed by atoms with E-state index >= 15 is 0 Å². The Morgan fingerprint density at radius 3 is 3.07 bits per heavy atom. The van der Waals surface area contributed by atoms with Crippen molar-refractivity contribution >= 4 is 23.1 Å². The van der Waals surface area contributed by atoms with E-state index in [0.717, 1.165) is 6.42 Å². The zero-order valence-electron chi connectivity index (χ0n) is 8.56. The molecule has 0 fully saturated rings. The van der Waals surface area contributed by atoms with Crippen molar-refractivity contribution in [1.82, 2.24) is 14.9 Å². The number of thiocarbonyl (C=S) groups is 1. The fourth-order valence-electron chi connectivity index (χ4n) is 1.25. The predicted molar refractivity (Wildman–Crippen MR) is 61.4 cm³/mol. The normalized spacial score (nSPS) is 9.93. The number of nitrogens with two attached hydrogens (primary N) is 1. The van der Waals surface area contributed by atoms with Crippen molar-refractivity contribution in [1.29, 1.82) is 0 Å². The summed E-state index contributed by atoms with van der Waals surface area (Å²) < 4.78 is 1.85. The van der Waals surface area contributed by atoms with Gasteiger partial charge in [-0.15, -0.1) is 0 Å². The van der Waals surface area contributed by atoms with Crippen molar-refractivity contribution in [2.24, 2.45) is 5.73 Å². The molecule has 1 amide bonds. The summed E-state index contributed by atoms with van der Waals surface area (Å²) in [5.74, 6) is 0.633.